The monoisotopic (exact) mass is 556 g/mol. The van der Waals surface area contributed by atoms with E-state index in [1.165, 1.54) is 7.11 Å². The summed E-state index contributed by atoms with van der Waals surface area (Å²) in [6.45, 7) is 2.45. The van der Waals surface area contributed by atoms with Gasteiger partial charge in [0.15, 0.2) is 5.54 Å². The van der Waals surface area contributed by atoms with Gasteiger partial charge in [-0.1, -0.05) is 18.2 Å². The molecule has 11 heteroatoms. The summed E-state index contributed by atoms with van der Waals surface area (Å²) in [6.07, 6.45) is 0. The molecule has 3 aliphatic rings. The van der Waals surface area contributed by atoms with Crippen LogP contribution in [0, 0.1) is 0 Å². The maximum atomic E-state index is 13.2. The van der Waals surface area contributed by atoms with Gasteiger partial charge in [0.05, 0.1) is 26.9 Å². The van der Waals surface area contributed by atoms with Crippen molar-refractivity contribution < 1.29 is 33.4 Å². The van der Waals surface area contributed by atoms with Gasteiger partial charge in [0.2, 0.25) is 0 Å². The van der Waals surface area contributed by atoms with E-state index in [0.717, 1.165) is 5.56 Å². The molecule has 2 N–H and O–H groups in total. The molecule has 1 atom stereocenters. The van der Waals surface area contributed by atoms with Crippen LogP contribution < -0.4 is 20.1 Å². The van der Waals surface area contributed by atoms with Gasteiger partial charge in [-0.15, -0.1) is 0 Å². The van der Waals surface area contributed by atoms with E-state index in [0.29, 0.717) is 66.8 Å². The normalized spacial score (nSPS) is 20.0. The quantitative estimate of drug-likeness (QED) is 0.429. The molecule has 5 amide bonds. The lowest BCUT2D eigenvalue weighted by Gasteiger charge is -2.31. The number of nitrogens with zero attached hydrogens (tertiary/aromatic N) is 2. The number of nitrogens with one attached hydrogen (secondary N) is 2. The number of rotatable bonds is 7. The predicted molar refractivity (Wildman–Crippen MR) is 146 cm³/mol. The zero-order valence-electron chi connectivity index (χ0n) is 22.3. The third-order valence-corrected chi connectivity index (χ3v) is 7.55. The topological polar surface area (TPSA) is 127 Å². The highest BCUT2D eigenvalue weighted by Gasteiger charge is 2.50. The van der Waals surface area contributed by atoms with Crippen molar-refractivity contribution in [1.29, 1.82) is 0 Å². The molecule has 41 heavy (non-hydrogen) atoms. The van der Waals surface area contributed by atoms with Crippen LogP contribution in [0.25, 0.3) is 0 Å². The highest BCUT2D eigenvalue weighted by atomic mass is 16.5. The molecule has 3 aromatic rings. The van der Waals surface area contributed by atoms with Crippen molar-refractivity contribution in [3.8, 4) is 17.2 Å². The molecular weight excluding hydrogens is 528 g/mol. The van der Waals surface area contributed by atoms with Crippen LogP contribution in [0.5, 0.6) is 17.2 Å². The van der Waals surface area contributed by atoms with E-state index in [2.05, 4.69) is 10.6 Å². The molecule has 2 saturated heterocycles. The van der Waals surface area contributed by atoms with Crippen molar-refractivity contribution >= 4 is 23.8 Å². The van der Waals surface area contributed by atoms with Crippen LogP contribution in [0.15, 0.2) is 66.7 Å². The van der Waals surface area contributed by atoms with Gasteiger partial charge in [-0.25, -0.2) is 4.79 Å². The minimum atomic E-state index is -1.47. The van der Waals surface area contributed by atoms with Crippen molar-refractivity contribution in [3.05, 3.63) is 89.0 Å². The summed E-state index contributed by atoms with van der Waals surface area (Å²) in [7, 11) is 1.53. The van der Waals surface area contributed by atoms with Gasteiger partial charge < -0.3 is 29.3 Å². The van der Waals surface area contributed by atoms with Gasteiger partial charge in [0.25, 0.3) is 17.7 Å². The maximum absolute atomic E-state index is 13.2. The van der Waals surface area contributed by atoms with Crippen LogP contribution in [0.2, 0.25) is 0 Å². The Hall–Kier alpha value is -4.90. The fourth-order valence-electron chi connectivity index (χ4n) is 5.34. The largest absolute Gasteiger partial charge is 0.497 e. The first kappa shape index (κ1) is 26.3. The van der Waals surface area contributed by atoms with E-state index in [1.54, 1.807) is 70.5 Å². The molecular formula is C30H28N4O7. The van der Waals surface area contributed by atoms with Crippen molar-refractivity contribution in [2.75, 3.05) is 40.0 Å². The molecule has 3 aliphatic heterocycles. The van der Waals surface area contributed by atoms with Crippen molar-refractivity contribution in [3.63, 3.8) is 0 Å². The summed E-state index contributed by atoms with van der Waals surface area (Å²) in [5.41, 5.74) is 0.916. The summed E-state index contributed by atoms with van der Waals surface area (Å²) < 4.78 is 16.5. The molecule has 0 bridgehead atoms. The molecule has 6 rings (SSSR count). The third kappa shape index (κ3) is 4.95. The highest BCUT2D eigenvalue weighted by molar-refractivity contribution is 6.08. The van der Waals surface area contributed by atoms with Crippen molar-refractivity contribution in [2.45, 2.75) is 12.1 Å². The van der Waals surface area contributed by atoms with Gasteiger partial charge in [0, 0.05) is 30.8 Å². The van der Waals surface area contributed by atoms with Crippen molar-refractivity contribution in [2.24, 2.45) is 0 Å². The number of methoxy groups -OCH3 is 1. The second-order valence-corrected chi connectivity index (χ2v) is 10.1. The fourth-order valence-corrected chi connectivity index (χ4v) is 5.34. The average Bonchev–Trinajstić information content (AvgIpc) is 3.47. The summed E-state index contributed by atoms with van der Waals surface area (Å²) in [5.74, 6) is 0.756. The number of hydrogen-bond donors (Lipinski definition) is 2. The SMILES string of the molecule is COc1ccc2c(c1)C(=O)N(C[C@@]1(c3ccc(Oc4ccc(C(=O)N5CCOCC5)cc4)cc3)NC(=O)NC1=O)C2. The standard InChI is InChI=1S/C30H28N4O7/c1-39-24-9-4-20-17-34(27(36)25(20)16-24)18-30(28(37)31-29(38)32-30)21-5-10-23(11-6-21)41-22-7-2-19(3-8-22)26(35)33-12-14-40-15-13-33/h2-11,16H,12-15,17-18H2,1H3,(H2,31,32,37,38)/t30-/m0/s1. The van der Waals surface area contributed by atoms with Gasteiger partial charge >= 0.3 is 6.03 Å². The van der Waals surface area contributed by atoms with E-state index in [-0.39, 0.29) is 18.4 Å². The van der Waals surface area contributed by atoms with Crippen LogP contribution >= 0.6 is 0 Å². The second-order valence-electron chi connectivity index (χ2n) is 10.1. The van der Waals surface area contributed by atoms with Crippen LogP contribution in [0.4, 0.5) is 4.79 Å². The second kappa shape index (κ2) is 10.6. The number of hydrogen-bond acceptors (Lipinski definition) is 7. The summed E-state index contributed by atoms with van der Waals surface area (Å²) in [6, 6.07) is 18.3. The molecule has 11 nitrogen and oxygen atoms in total. The van der Waals surface area contributed by atoms with Crippen LogP contribution in [0.1, 0.15) is 31.8 Å². The number of imide groups is 1. The van der Waals surface area contributed by atoms with E-state index in [4.69, 9.17) is 14.2 Å². The lowest BCUT2D eigenvalue weighted by Crippen LogP contribution is -2.52. The number of carbonyl (C=O) groups is 4. The summed E-state index contributed by atoms with van der Waals surface area (Å²) in [5, 5.41) is 5.05. The Bertz CT molecular complexity index is 1520. The number of fused-ring (bicyclic) bond motifs is 1. The number of morpholine rings is 1. The van der Waals surface area contributed by atoms with Crippen LogP contribution in [-0.2, 0) is 21.6 Å². The first-order valence-electron chi connectivity index (χ1n) is 13.2. The molecule has 3 heterocycles. The van der Waals surface area contributed by atoms with E-state index < -0.39 is 17.5 Å². The number of carbonyl (C=O) groups excluding carboxylic acids is 4. The number of urea groups is 1. The third-order valence-electron chi connectivity index (χ3n) is 7.55. The highest BCUT2D eigenvalue weighted by Crippen LogP contribution is 2.33. The molecule has 0 aliphatic carbocycles. The van der Waals surface area contributed by atoms with E-state index in [9.17, 15) is 19.2 Å². The fraction of sp³-hybridized carbons (Fsp3) is 0.267. The Balaban J connectivity index is 1.18. The minimum Gasteiger partial charge on any atom is -0.497 e. The van der Waals surface area contributed by atoms with Crippen LogP contribution in [0.3, 0.4) is 0 Å². The Labute approximate surface area is 236 Å². The molecule has 3 aromatic carbocycles. The smallest absolute Gasteiger partial charge is 0.322 e. The summed E-state index contributed by atoms with van der Waals surface area (Å²) in [4.78, 5) is 54.6. The zero-order valence-corrected chi connectivity index (χ0v) is 22.3. The molecule has 2 fully saturated rings. The average molecular weight is 557 g/mol. The predicted octanol–water partition coefficient (Wildman–Crippen LogP) is 2.65. The molecule has 0 spiro atoms. The first-order valence-corrected chi connectivity index (χ1v) is 13.2. The van der Waals surface area contributed by atoms with Crippen molar-refractivity contribution in [1.82, 2.24) is 20.4 Å². The number of amides is 5. The molecule has 0 aromatic heterocycles. The number of benzene rings is 3. The first-order chi connectivity index (χ1) is 19.9. The molecule has 0 radical (unpaired) electrons. The molecule has 0 unspecified atom stereocenters. The molecule has 0 saturated carbocycles. The Kier molecular flexibility index (Phi) is 6.80. The van der Waals surface area contributed by atoms with Gasteiger partial charge in [-0.3, -0.25) is 19.7 Å². The minimum absolute atomic E-state index is 0.0508. The zero-order chi connectivity index (χ0) is 28.6. The lowest BCUT2D eigenvalue weighted by atomic mass is 9.89. The Morgan fingerprint density at radius 3 is 2.22 bits per heavy atom. The summed E-state index contributed by atoms with van der Waals surface area (Å²) >= 11 is 0. The van der Waals surface area contributed by atoms with Gasteiger partial charge in [0.1, 0.15) is 17.2 Å². The van der Waals surface area contributed by atoms with Gasteiger partial charge in [-0.05, 0) is 59.7 Å². The maximum Gasteiger partial charge on any atom is 0.322 e. The van der Waals surface area contributed by atoms with E-state index >= 15 is 0 Å². The lowest BCUT2D eigenvalue weighted by molar-refractivity contribution is -0.124. The molecule has 210 valence electrons. The van der Waals surface area contributed by atoms with Crippen LogP contribution in [-0.4, -0.2) is 73.5 Å². The van der Waals surface area contributed by atoms with Gasteiger partial charge in [-0.2, -0.15) is 0 Å². The van der Waals surface area contributed by atoms with E-state index in [1.807, 2.05) is 6.07 Å². The number of ether oxygens (including phenoxy) is 3. The Morgan fingerprint density at radius 2 is 1.59 bits per heavy atom. The Morgan fingerprint density at radius 1 is 0.927 bits per heavy atom.